The number of hydrogen-bond acceptors (Lipinski definition) is 5. The number of rotatable bonds is 6. The predicted octanol–water partition coefficient (Wildman–Crippen LogP) is 3.47. The zero-order valence-corrected chi connectivity index (χ0v) is 15.2. The van der Waals surface area contributed by atoms with Crippen LogP contribution in [-0.4, -0.2) is 24.2 Å². The highest BCUT2D eigenvalue weighted by atomic mass is 35.5. The molecule has 2 rings (SSSR count). The molecule has 0 aliphatic rings. The molecule has 0 fully saturated rings. The molecule has 0 aliphatic carbocycles. The molecule has 130 valence electrons. The van der Waals surface area contributed by atoms with Gasteiger partial charge in [-0.2, -0.15) is 0 Å². The summed E-state index contributed by atoms with van der Waals surface area (Å²) in [5.74, 6) is -0.570. The summed E-state index contributed by atoms with van der Waals surface area (Å²) in [5, 5.41) is 6.71. The van der Waals surface area contributed by atoms with Crippen molar-refractivity contribution in [1.82, 2.24) is 5.16 Å². The van der Waals surface area contributed by atoms with Gasteiger partial charge in [0.15, 0.2) is 9.84 Å². The Kier molecular flexibility index (Phi) is 5.35. The van der Waals surface area contributed by atoms with Gasteiger partial charge in [-0.15, -0.1) is 0 Å². The SMILES string of the molecule is CCCc1cc(NC(=O)C(C)(C)S(=O)(=O)c2ccc(Cl)cc2)on1. The number of halogens is 1. The number of carbonyl (C=O) groups excluding carboxylic acids is 1. The first kappa shape index (κ1) is 18.5. The zero-order valence-electron chi connectivity index (χ0n) is 13.7. The lowest BCUT2D eigenvalue weighted by molar-refractivity contribution is -0.118. The molecule has 1 aromatic heterocycles. The average molecular weight is 371 g/mol. The van der Waals surface area contributed by atoms with Crippen molar-refractivity contribution in [3.63, 3.8) is 0 Å². The Morgan fingerprint density at radius 1 is 1.29 bits per heavy atom. The van der Waals surface area contributed by atoms with E-state index in [4.69, 9.17) is 16.1 Å². The minimum Gasteiger partial charge on any atom is -0.338 e. The molecule has 1 heterocycles. The van der Waals surface area contributed by atoms with Crippen molar-refractivity contribution in [1.29, 1.82) is 0 Å². The Balaban J connectivity index is 2.23. The third-order valence-corrected chi connectivity index (χ3v) is 6.32. The van der Waals surface area contributed by atoms with Gasteiger partial charge in [-0.05, 0) is 44.5 Å². The minimum absolute atomic E-state index is 0.0243. The molecule has 0 saturated heterocycles. The molecular weight excluding hydrogens is 352 g/mol. The summed E-state index contributed by atoms with van der Waals surface area (Å²) in [5.41, 5.74) is 0.700. The second kappa shape index (κ2) is 6.94. The molecule has 0 bridgehead atoms. The molecule has 1 amide bonds. The smallest absolute Gasteiger partial charge is 0.248 e. The van der Waals surface area contributed by atoms with Crippen LogP contribution in [0, 0.1) is 0 Å². The molecule has 0 saturated carbocycles. The summed E-state index contributed by atoms with van der Waals surface area (Å²) >= 11 is 5.78. The Bertz CT molecular complexity index is 826. The van der Waals surface area contributed by atoms with E-state index in [1.54, 1.807) is 6.07 Å². The second-order valence-corrected chi connectivity index (χ2v) is 8.79. The van der Waals surface area contributed by atoms with Gasteiger partial charge in [0.25, 0.3) is 0 Å². The van der Waals surface area contributed by atoms with E-state index in [1.807, 2.05) is 6.92 Å². The molecule has 8 heteroatoms. The second-order valence-electron chi connectivity index (χ2n) is 5.85. The lowest BCUT2D eigenvalue weighted by Gasteiger charge is -2.23. The molecule has 24 heavy (non-hydrogen) atoms. The third kappa shape index (κ3) is 3.62. The molecule has 0 radical (unpaired) electrons. The van der Waals surface area contributed by atoms with Crippen LogP contribution in [0.25, 0.3) is 0 Å². The molecule has 0 unspecified atom stereocenters. The zero-order chi connectivity index (χ0) is 18.0. The number of hydrogen-bond donors (Lipinski definition) is 1. The van der Waals surface area contributed by atoms with E-state index in [1.165, 1.54) is 38.1 Å². The number of anilines is 1. The van der Waals surface area contributed by atoms with Crippen LogP contribution in [-0.2, 0) is 21.1 Å². The van der Waals surface area contributed by atoms with Gasteiger partial charge in [0.1, 0.15) is 4.75 Å². The maximum absolute atomic E-state index is 12.8. The highest BCUT2D eigenvalue weighted by Crippen LogP contribution is 2.28. The predicted molar refractivity (Wildman–Crippen MR) is 91.8 cm³/mol. The molecule has 0 aliphatic heterocycles. The molecule has 1 aromatic carbocycles. The quantitative estimate of drug-likeness (QED) is 0.840. The number of amides is 1. The third-order valence-electron chi connectivity index (χ3n) is 3.64. The largest absolute Gasteiger partial charge is 0.338 e. The summed E-state index contributed by atoms with van der Waals surface area (Å²) in [6.45, 7) is 4.68. The lowest BCUT2D eigenvalue weighted by atomic mass is 10.2. The van der Waals surface area contributed by atoms with E-state index in [0.29, 0.717) is 17.1 Å². The lowest BCUT2D eigenvalue weighted by Crippen LogP contribution is -2.44. The highest BCUT2D eigenvalue weighted by molar-refractivity contribution is 7.93. The van der Waals surface area contributed by atoms with Crippen LogP contribution >= 0.6 is 11.6 Å². The van der Waals surface area contributed by atoms with E-state index >= 15 is 0 Å². The summed E-state index contributed by atoms with van der Waals surface area (Å²) in [6, 6.07) is 7.28. The fraction of sp³-hybridized carbons (Fsp3) is 0.375. The number of sulfone groups is 1. The fourth-order valence-electron chi connectivity index (χ4n) is 2.04. The van der Waals surface area contributed by atoms with Crippen LogP contribution in [0.4, 0.5) is 5.88 Å². The van der Waals surface area contributed by atoms with Crippen LogP contribution in [0.15, 0.2) is 39.8 Å². The van der Waals surface area contributed by atoms with Gasteiger partial charge >= 0.3 is 0 Å². The molecular formula is C16H19ClN2O4S. The van der Waals surface area contributed by atoms with E-state index < -0.39 is 20.5 Å². The topological polar surface area (TPSA) is 89.3 Å². The van der Waals surface area contributed by atoms with Gasteiger partial charge in [-0.3, -0.25) is 10.1 Å². The summed E-state index contributed by atoms with van der Waals surface area (Å²) < 4.78 is 28.8. The Morgan fingerprint density at radius 2 is 1.92 bits per heavy atom. The number of carbonyl (C=O) groups is 1. The van der Waals surface area contributed by atoms with Crippen molar-refractivity contribution < 1.29 is 17.7 Å². The van der Waals surface area contributed by atoms with Crippen molar-refractivity contribution in [3.05, 3.63) is 41.0 Å². The average Bonchev–Trinajstić information content (AvgIpc) is 2.95. The van der Waals surface area contributed by atoms with E-state index in [-0.39, 0.29) is 10.8 Å². The monoisotopic (exact) mass is 370 g/mol. The number of aryl methyl sites for hydroxylation is 1. The van der Waals surface area contributed by atoms with Crippen LogP contribution in [0.5, 0.6) is 0 Å². The maximum Gasteiger partial charge on any atom is 0.248 e. The van der Waals surface area contributed by atoms with E-state index in [0.717, 1.165) is 6.42 Å². The number of benzene rings is 1. The molecule has 2 aromatic rings. The van der Waals surface area contributed by atoms with Crippen LogP contribution in [0.3, 0.4) is 0 Å². The van der Waals surface area contributed by atoms with Gasteiger partial charge in [0.2, 0.25) is 11.8 Å². The van der Waals surface area contributed by atoms with E-state index in [2.05, 4.69) is 10.5 Å². The Labute approximate surface area is 146 Å². The van der Waals surface area contributed by atoms with Gasteiger partial charge in [0.05, 0.1) is 10.6 Å². The minimum atomic E-state index is -3.91. The highest BCUT2D eigenvalue weighted by Gasteiger charge is 2.43. The maximum atomic E-state index is 12.8. The van der Waals surface area contributed by atoms with Crippen molar-refractivity contribution in [2.75, 3.05) is 5.32 Å². The number of nitrogens with zero attached hydrogens (tertiary/aromatic N) is 1. The summed E-state index contributed by atoms with van der Waals surface area (Å²) in [4.78, 5) is 12.5. The van der Waals surface area contributed by atoms with Crippen molar-refractivity contribution in [2.24, 2.45) is 0 Å². The van der Waals surface area contributed by atoms with Crippen LogP contribution in [0.2, 0.25) is 5.02 Å². The van der Waals surface area contributed by atoms with Crippen LogP contribution in [0.1, 0.15) is 32.9 Å². The summed E-state index contributed by atoms with van der Waals surface area (Å²) in [6.07, 6.45) is 1.60. The number of nitrogens with one attached hydrogen (secondary N) is 1. The van der Waals surface area contributed by atoms with Crippen molar-refractivity contribution in [2.45, 2.75) is 43.3 Å². The first-order valence-corrected chi connectivity index (χ1v) is 9.32. The van der Waals surface area contributed by atoms with Crippen LogP contribution < -0.4 is 5.32 Å². The Hall–Kier alpha value is -1.86. The number of aromatic nitrogens is 1. The van der Waals surface area contributed by atoms with Gasteiger partial charge in [0, 0.05) is 11.1 Å². The van der Waals surface area contributed by atoms with Gasteiger partial charge < -0.3 is 4.52 Å². The molecule has 1 N–H and O–H groups in total. The molecule has 0 atom stereocenters. The molecule has 0 spiro atoms. The molecule has 6 nitrogen and oxygen atoms in total. The normalized spacial score (nSPS) is 12.2. The standard InChI is InChI=1S/C16H19ClN2O4S/c1-4-5-12-10-14(23-19-12)18-15(20)16(2,3)24(21,22)13-8-6-11(17)7-9-13/h6-10H,4-5H2,1-3H3,(H,18,20). The fourth-order valence-corrected chi connectivity index (χ4v) is 3.54. The first-order valence-electron chi connectivity index (χ1n) is 7.45. The van der Waals surface area contributed by atoms with Crippen molar-refractivity contribution >= 4 is 33.2 Å². The first-order chi connectivity index (χ1) is 11.2. The summed E-state index contributed by atoms with van der Waals surface area (Å²) in [7, 11) is -3.91. The van der Waals surface area contributed by atoms with E-state index in [9.17, 15) is 13.2 Å². The van der Waals surface area contributed by atoms with Crippen molar-refractivity contribution in [3.8, 4) is 0 Å². The Morgan fingerprint density at radius 3 is 2.50 bits per heavy atom. The van der Waals surface area contributed by atoms with Gasteiger partial charge in [-0.1, -0.05) is 30.1 Å². The van der Waals surface area contributed by atoms with Gasteiger partial charge in [-0.25, -0.2) is 8.42 Å².